The highest BCUT2D eigenvalue weighted by atomic mass is 33.1. The summed E-state index contributed by atoms with van der Waals surface area (Å²) in [6, 6.07) is 0. The van der Waals surface area contributed by atoms with E-state index in [1.807, 2.05) is 21.6 Å². The Morgan fingerprint density at radius 2 is 1.83 bits per heavy atom. The fourth-order valence-electron chi connectivity index (χ4n) is 0.377. The van der Waals surface area contributed by atoms with Gasteiger partial charge in [0, 0.05) is 11.5 Å². The fraction of sp³-hybridized carbons (Fsp3) is 1.00. The van der Waals surface area contributed by atoms with E-state index in [1.165, 1.54) is 11.5 Å². The van der Waals surface area contributed by atoms with Crippen molar-refractivity contribution in [3.05, 3.63) is 0 Å². The smallest absolute Gasteiger partial charge is 0.00708 e. The Labute approximate surface area is 46.5 Å². The minimum atomic E-state index is 0.972. The van der Waals surface area contributed by atoms with Gasteiger partial charge in [-0.15, -0.1) is 0 Å². The molecule has 1 saturated heterocycles. The van der Waals surface area contributed by atoms with E-state index in [0.29, 0.717) is 0 Å². The Balaban J connectivity index is 2.18. The van der Waals surface area contributed by atoms with Crippen molar-refractivity contribution in [1.82, 2.24) is 0 Å². The van der Waals surface area contributed by atoms with Crippen LogP contribution in [0.5, 0.6) is 0 Å². The maximum absolute atomic E-state index is 2.30. The minimum absolute atomic E-state index is 0.972. The van der Waals surface area contributed by atoms with Crippen LogP contribution in [0.25, 0.3) is 0 Å². The van der Waals surface area contributed by atoms with Gasteiger partial charge in [0.1, 0.15) is 0 Å². The average molecular weight is 120 g/mol. The molecule has 0 aromatic carbocycles. The lowest BCUT2D eigenvalue weighted by Gasteiger charge is -1.88. The van der Waals surface area contributed by atoms with Gasteiger partial charge in [0.15, 0.2) is 0 Å². The maximum atomic E-state index is 2.30. The molecule has 1 rings (SSSR count). The van der Waals surface area contributed by atoms with Crippen molar-refractivity contribution in [2.24, 2.45) is 5.92 Å². The number of hydrogen-bond acceptors (Lipinski definition) is 2. The van der Waals surface area contributed by atoms with Gasteiger partial charge < -0.3 is 0 Å². The fourth-order valence-corrected chi connectivity index (χ4v) is 3.39. The van der Waals surface area contributed by atoms with Gasteiger partial charge in [-0.3, -0.25) is 0 Å². The third kappa shape index (κ3) is 1.09. The van der Waals surface area contributed by atoms with Crippen LogP contribution in [0.4, 0.5) is 0 Å². The van der Waals surface area contributed by atoms with Gasteiger partial charge in [0.2, 0.25) is 0 Å². The van der Waals surface area contributed by atoms with E-state index in [1.54, 1.807) is 0 Å². The van der Waals surface area contributed by atoms with E-state index in [9.17, 15) is 0 Å². The van der Waals surface area contributed by atoms with Crippen molar-refractivity contribution in [1.29, 1.82) is 0 Å². The zero-order valence-corrected chi connectivity index (χ0v) is 5.44. The molecular weight excluding hydrogens is 112 g/mol. The molecule has 2 heteroatoms. The first kappa shape index (κ1) is 4.85. The molecule has 6 heavy (non-hydrogen) atoms. The van der Waals surface area contributed by atoms with Gasteiger partial charge >= 0.3 is 0 Å². The summed E-state index contributed by atoms with van der Waals surface area (Å²) in [5.41, 5.74) is 0. The maximum Gasteiger partial charge on any atom is 0.00708 e. The quantitative estimate of drug-likeness (QED) is 0.448. The molecule has 0 atom stereocenters. The molecule has 0 aliphatic carbocycles. The van der Waals surface area contributed by atoms with Crippen LogP contribution in [-0.2, 0) is 0 Å². The van der Waals surface area contributed by atoms with Crippen LogP contribution in [0.3, 0.4) is 0 Å². The second-order valence-electron chi connectivity index (χ2n) is 1.67. The van der Waals surface area contributed by atoms with Crippen LogP contribution < -0.4 is 0 Å². The number of rotatable bonds is 0. The van der Waals surface area contributed by atoms with Crippen LogP contribution in [0.1, 0.15) is 6.92 Å². The Hall–Kier alpha value is 0.700. The van der Waals surface area contributed by atoms with Crippen molar-refractivity contribution in [2.45, 2.75) is 6.92 Å². The van der Waals surface area contributed by atoms with Crippen LogP contribution >= 0.6 is 21.6 Å². The molecule has 0 unspecified atom stereocenters. The molecular formula is C4H8S2. The Bertz CT molecular complexity index is 38.8. The van der Waals surface area contributed by atoms with Crippen molar-refractivity contribution in [3.63, 3.8) is 0 Å². The first-order chi connectivity index (χ1) is 2.89. The van der Waals surface area contributed by atoms with Gasteiger partial charge in [-0.1, -0.05) is 28.5 Å². The average Bonchev–Trinajstić information content (AvgIpc) is 1.86. The van der Waals surface area contributed by atoms with Crippen LogP contribution in [0.15, 0.2) is 0 Å². The van der Waals surface area contributed by atoms with Crippen molar-refractivity contribution >= 4 is 21.6 Å². The van der Waals surface area contributed by atoms with Gasteiger partial charge in [-0.2, -0.15) is 0 Å². The molecule has 0 aromatic rings. The van der Waals surface area contributed by atoms with E-state index < -0.39 is 0 Å². The van der Waals surface area contributed by atoms with E-state index in [2.05, 4.69) is 6.92 Å². The predicted octanol–water partition coefficient (Wildman–Crippen LogP) is 2.02. The molecule has 1 heterocycles. The Morgan fingerprint density at radius 1 is 1.33 bits per heavy atom. The molecule has 0 bridgehead atoms. The highest BCUT2D eigenvalue weighted by Gasteiger charge is 2.08. The molecule has 0 spiro atoms. The predicted molar refractivity (Wildman–Crippen MR) is 34.1 cm³/mol. The zero-order valence-electron chi connectivity index (χ0n) is 3.81. The second-order valence-corrected chi connectivity index (χ2v) is 4.23. The van der Waals surface area contributed by atoms with E-state index in [0.717, 1.165) is 5.92 Å². The summed E-state index contributed by atoms with van der Waals surface area (Å²) in [6.45, 7) is 2.30. The van der Waals surface area contributed by atoms with Gasteiger partial charge in [0.25, 0.3) is 0 Å². The topological polar surface area (TPSA) is 0 Å². The lowest BCUT2D eigenvalue weighted by Crippen LogP contribution is -1.90. The van der Waals surface area contributed by atoms with Gasteiger partial charge in [0.05, 0.1) is 0 Å². The van der Waals surface area contributed by atoms with E-state index in [4.69, 9.17) is 0 Å². The lowest BCUT2D eigenvalue weighted by molar-refractivity contribution is 0.775. The third-order valence-corrected chi connectivity index (χ3v) is 3.68. The van der Waals surface area contributed by atoms with Crippen molar-refractivity contribution in [3.8, 4) is 0 Å². The summed E-state index contributed by atoms with van der Waals surface area (Å²) in [7, 11) is 4.00. The molecule has 0 amide bonds. The molecule has 0 N–H and O–H groups in total. The molecule has 0 radical (unpaired) electrons. The molecule has 1 aliphatic rings. The molecule has 0 saturated carbocycles. The van der Waals surface area contributed by atoms with Gasteiger partial charge in [-0.25, -0.2) is 0 Å². The summed E-state index contributed by atoms with van der Waals surface area (Å²) < 4.78 is 0. The lowest BCUT2D eigenvalue weighted by atomic mass is 10.3. The second kappa shape index (κ2) is 2.12. The summed E-state index contributed by atoms with van der Waals surface area (Å²) in [6.07, 6.45) is 0. The summed E-state index contributed by atoms with van der Waals surface area (Å²) in [5.74, 6) is 3.70. The largest absolute Gasteiger partial charge is 0.0938 e. The van der Waals surface area contributed by atoms with Crippen molar-refractivity contribution in [2.75, 3.05) is 11.5 Å². The summed E-state index contributed by atoms with van der Waals surface area (Å²) in [5, 5.41) is 0. The minimum Gasteiger partial charge on any atom is -0.0938 e. The normalized spacial score (nSPS) is 25.5. The molecule has 0 aromatic heterocycles. The molecule has 0 nitrogen and oxygen atoms in total. The Morgan fingerprint density at radius 3 is 2.00 bits per heavy atom. The van der Waals surface area contributed by atoms with Gasteiger partial charge in [-0.05, 0) is 5.92 Å². The Kier molecular flexibility index (Phi) is 1.72. The molecule has 36 valence electrons. The van der Waals surface area contributed by atoms with E-state index in [-0.39, 0.29) is 0 Å². The summed E-state index contributed by atoms with van der Waals surface area (Å²) >= 11 is 0. The van der Waals surface area contributed by atoms with Crippen LogP contribution in [-0.4, -0.2) is 11.5 Å². The first-order valence-corrected chi connectivity index (χ1v) is 4.63. The molecule has 1 aliphatic heterocycles. The zero-order chi connectivity index (χ0) is 4.41. The van der Waals surface area contributed by atoms with Crippen LogP contribution in [0.2, 0.25) is 0 Å². The van der Waals surface area contributed by atoms with E-state index >= 15 is 0 Å². The first-order valence-electron chi connectivity index (χ1n) is 2.14. The SMILES string of the molecule is CC1CSSC1. The molecule has 1 fully saturated rings. The highest BCUT2D eigenvalue weighted by Crippen LogP contribution is 2.33. The monoisotopic (exact) mass is 120 g/mol. The third-order valence-electron chi connectivity index (χ3n) is 0.788. The number of hydrogen-bond donors (Lipinski definition) is 0. The van der Waals surface area contributed by atoms with Crippen molar-refractivity contribution < 1.29 is 0 Å². The van der Waals surface area contributed by atoms with Crippen LogP contribution in [0, 0.1) is 5.92 Å². The standard InChI is InChI=1S/C4H8S2/c1-4-2-5-6-3-4/h4H,2-3H2,1H3. The highest BCUT2D eigenvalue weighted by molar-refractivity contribution is 8.77. The summed E-state index contributed by atoms with van der Waals surface area (Å²) in [4.78, 5) is 0.